The summed E-state index contributed by atoms with van der Waals surface area (Å²) in [5.41, 5.74) is 8.99. The Balaban J connectivity index is 1.46. The van der Waals surface area contributed by atoms with E-state index in [2.05, 4.69) is 138 Å². The smallest absolute Gasteiger partial charge is 0.236 e. The molecule has 0 aliphatic heterocycles. The minimum Gasteiger partial charge on any atom is -0.493 e. The lowest BCUT2D eigenvalue weighted by Crippen LogP contribution is -2.61. The van der Waals surface area contributed by atoms with Gasteiger partial charge in [0.1, 0.15) is 5.75 Å². The summed E-state index contributed by atoms with van der Waals surface area (Å²) in [6.07, 6.45) is 20.1. The van der Waals surface area contributed by atoms with Crippen molar-refractivity contribution in [1.29, 1.82) is 0 Å². The third-order valence-electron chi connectivity index (χ3n) is 14.9. The van der Waals surface area contributed by atoms with Crippen LogP contribution in [0.4, 0.5) is 0 Å². The molecule has 2 aliphatic carbocycles. The van der Waals surface area contributed by atoms with Crippen molar-refractivity contribution in [2.45, 2.75) is 232 Å². The van der Waals surface area contributed by atoms with Gasteiger partial charge in [0.2, 0.25) is 19.5 Å². The number of aliphatic hydroxyl groups excluding tert-OH is 2. The molecule has 7 heteroatoms. The molecule has 66 heavy (non-hydrogen) atoms. The van der Waals surface area contributed by atoms with E-state index >= 15 is 0 Å². The van der Waals surface area contributed by atoms with Crippen LogP contribution in [0.25, 0.3) is 22.3 Å². The van der Waals surface area contributed by atoms with Crippen LogP contribution in [0.1, 0.15) is 220 Å². The zero-order valence-corrected chi connectivity index (χ0v) is 45.9. The van der Waals surface area contributed by atoms with Gasteiger partial charge in [-0.05, 0) is 189 Å². The molecule has 0 amide bonds. The van der Waals surface area contributed by atoms with E-state index in [-0.39, 0.29) is 28.7 Å². The third kappa shape index (κ3) is 15.1. The normalized spacial score (nSPS) is 17.7. The molecular weight excluding hydrogens is 845 g/mol. The Morgan fingerprint density at radius 1 is 0.561 bits per heavy atom. The van der Waals surface area contributed by atoms with Gasteiger partial charge < -0.3 is 23.8 Å². The van der Waals surface area contributed by atoms with Crippen molar-refractivity contribution in [2.24, 2.45) is 11.3 Å². The first-order chi connectivity index (χ1) is 31.3. The average Bonchev–Trinajstić information content (AvgIpc) is 4.13. The van der Waals surface area contributed by atoms with Gasteiger partial charge in [0, 0.05) is 18.6 Å². The zero-order valence-electron chi connectivity index (χ0n) is 43.9. The lowest BCUT2D eigenvalue weighted by Gasteiger charge is -2.56. The van der Waals surface area contributed by atoms with Gasteiger partial charge in [0.25, 0.3) is 0 Å². The Kier molecular flexibility index (Phi) is 20.3. The summed E-state index contributed by atoms with van der Waals surface area (Å²) in [4.78, 5) is 0. The third-order valence-corrected chi connectivity index (χ3v) is 17.3. The van der Waals surface area contributed by atoms with Crippen LogP contribution in [-0.4, -0.2) is 60.8 Å². The van der Waals surface area contributed by atoms with Gasteiger partial charge in [-0.25, -0.2) is 0 Å². The van der Waals surface area contributed by atoms with Crippen molar-refractivity contribution < 1.29 is 23.8 Å². The molecule has 3 aromatic carbocycles. The quantitative estimate of drug-likeness (QED) is 0.0589. The highest BCUT2D eigenvalue weighted by atomic mass is 28.2. The van der Waals surface area contributed by atoms with E-state index < -0.39 is 11.2 Å². The molecule has 5 nitrogen and oxygen atoms in total. The fraction of sp³-hybridized carbons (Fsp3) is 0.695. The van der Waals surface area contributed by atoms with E-state index in [0.717, 1.165) is 61.3 Å². The monoisotopic (exact) mass is 937 g/mol. The van der Waals surface area contributed by atoms with E-state index in [1.165, 1.54) is 97.6 Å². The Labute approximate surface area is 409 Å². The van der Waals surface area contributed by atoms with Crippen LogP contribution in [0.2, 0.25) is 10.1 Å². The number of unbranched alkanes of at least 4 members (excludes halogenated alkanes) is 3. The van der Waals surface area contributed by atoms with Gasteiger partial charge in [-0.15, -0.1) is 0 Å². The molecule has 3 aromatic rings. The molecule has 2 N–H and O–H groups in total. The standard InChI is InChI=1S/C59H92O5Si2/c1-13-15-17-20-43-23-25-44(26-24-43)45-27-29-46(30-28-45)48-33-34-52(53(42-48)47-31-32-47)51-40-49(21-18-37-60)54(50(41-51)22-19-38-61)62-39-36-59(35-16-14-2,57(9,10)63-65-55(3,4)5)58(11,12)64-66-56(6,7)8/h27-30,33-34,40-44,47,60-61H,13-26,31-32,35-39H2,1-12H3. The van der Waals surface area contributed by atoms with Crippen molar-refractivity contribution in [2.75, 3.05) is 19.8 Å². The summed E-state index contributed by atoms with van der Waals surface area (Å²) in [5, 5.41) is 20.4. The van der Waals surface area contributed by atoms with Gasteiger partial charge >= 0.3 is 0 Å². The summed E-state index contributed by atoms with van der Waals surface area (Å²) < 4.78 is 21.3. The van der Waals surface area contributed by atoms with Crippen LogP contribution in [0.15, 0.2) is 54.6 Å². The van der Waals surface area contributed by atoms with Crippen molar-refractivity contribution in [3.8, 4) is 28.0 Å². The molecule has 0 spiro atoms. The average molecular weight is 938 g/mol. The topological polar surface area (TPSA) is 68.2 Å². The molecule has 0 saturated heterocycles. The van der Waals surface area contributed by atoms with Crippen molar-refractivity contribution in [1.82, 2.24) is 0 Å². The molecule has 0 unspecified atom stereocenters. The second-order valence-corrected chi connectivity index (χ2v) is 27.2. The molecule has 2 saturated carbocycles. The first-order valence-electron chi connectivity index (χ1n) is 26.4. The molecule has 0 aromatic heterocycles. The number of benzene rings is 3. The van der Waals surface area contributed by atoms with E-state index in [9.17, 15) is 10.2 Å². The maximum Gasteiger partial charge on any atom is 0.236 e. The predicted molar refractivity (Wildman–Crippen MR) is 282 cm³/mol. The van der Waals surface area contributed by atoms with E-state index in [1.807, 2.05) is 0 Å². The Hall–Kier alpha value is -2.27. The van der Waals surface area contributed by atoms with Crippen LogP contribution in [0, 0.1) is 11.3 Å². The number of hydrogen-bond donors (Lipinski definition) is 2. The minimum absolute atomic E-state index is 0.0464. The molecule has 0 heterocycles. The lowest BCUT2D eigenvalue weighted by atomic mass is 9.59. The van der Waals surface area contributed by atoms with Gasteiger partial charge in [-0.2, -0.15) is 0 Å². The largest absolute Gasteiger partial charge is 0.493 e. The number of aliphatic hydroxyl groups is 2. The Morgan fingerprint density at radius 3 is 1.59 bits per heavy atom. The maximum atomic E-state index is 10.2. The highest BCUT2D eigenvalue weighted by Gasteiger charge is 2.56. The summed E-state index contributed by atoms with van der Waals surface area (Å²) in [6.45, 7) is 28.1. The summed E-state index contributed by atoms with van der Waals surface area (Å²) in [7, 11) is 0.698. The maximum absolute atomic E-state index is 10.2. The van der Waals surface area contributed by atoms with Gasteiger partial charge in [0.15, 0.2) is 0 Å². The molecule has 366 valence electrons. The minimum atomic E-state index is -0.493. The number of aryl methyl sites for hydroxylation is 2. The summed E-state index contributed by atoms with van der Waals surface area (Å²) in [5.74, 6) is 3.11. The SMILES string of the molecule is CCCCCC1CCC(c2ccc(-c3ccc(-c4cc(CCCO)c(OCCC(CCCC)(C(C)(C)O[Si]C(C)(C)C)C(C)(C)O[Si]C(C)(C)C)c(CCCO)c4)c(C4CC4)c3)cc2)CC1. The van der Waals surface area contributed by atoms with Crippen LogP contribution < -0.4 is 4.74 Å². The molecular formula is C59H92O5Si2. The highest BCUT2D eigenvalue weighted by molar-refractivity contribution is 6.32. The van der Waals surface area contributed by atoms with E-state index in [4.69, 9.17) is 13.6 Å². The highest BCUT2D eigenvalue weighted by Crippen LogP contribution is 2.53. The van der Waals surface area contributed by atoms with Crippen LogP contribution in [0.5, 0.6) is 5.75 Å². The number of hydrogen-bond acceptors (Lipinski definition) is 5. The predicted octanol–water partition coefficient (Wildman–Crippen LogP) is 15.8. The fourth-order valence-electron chi connectivity index (χ4n) is 10.8. The molecule has 0 bridgehead atoms. The number of rotatable bonds is 27. The van der Waals surface area contributed by atoms with Crippen molar-refractivity contribution in [3.63, 3.8) is 0 Å². The van der Waals surface area contributed by atoms with Gasteiger partial charge in [-0.1, -0.05) is 136 Å². The first-order valence-corrected chi connectivity index (χ1v) is 28.2. The Bertz CT molecular complexity index is 1850. The number of ether oxygens (including phenoxy) is 1. The second-order valence-electron chi connectivity index (χ2n) is 23.4. The summed E-state index contributed by atoms with van der Waals surface area (Å²) >= 11 is 0. The van der Waals surface area contributed by atoms with Gasteiger partial charge in [0.05, 0.1) is 17.8 Å². The first kappa shape index (κ1) is 54.7. The fourth-order valence-corrected chi connectivity index (χ4v) is 12.3. The van der Waals surface area contributed by atoms with Crippen molar-refractivity contribution >= 4 is 19.5 Å². The van der Waals surface area contributed by atoms with E-state index in [0.29, 0.717) is 50.8 Å². The zero-order chi connectivity index (χ0) is 48.2. The Morgan fingerprint density at radius 2 is 1.09 bits per heavy atom. The van der Waals surface area contributed by atoms with E-state index in [1.54, 1.807) is 0 Å². The second kappa shape index (κ2) is 24.5. The molecule has 4 radical (unpaired) electrons. The van der Waals surface area contributed by atoms with Crippen LogP contribution in [-0.2, 0) is 21.7 Å². The van der Waals surface area contributed by atoms with Crippen LogP contribution >= 0.6 is 0 Å². The van der Waals surface area contributed by atoms with Crippen molar-refractivity contribution in [3.05, 3.63) is 76.9 Å². The summed E-state index contributed by atoms with van der Waals surface area (Å²) in [6, 6.07) is 21.4. The molecule has 2 aliphatic rings. The molecule has 0 atom stereocenters. The molecule has 2 fully saturated rings. The van der Waals surface area contributed by atoms with Crippen LogP contribution in [0.3, 0.4) is 0 Å². The lowest BCUT2D eigenvalue weighted by molar-refractivity contribution is -0.158. The van der Waals surface area contributed by atoms with Gasteiger partial charge in [-0.3, -0.25) is 0 Å². The molecule has 5 rings (SSSR count).